The lowest BCUT2D eigenvalue weighted by atomic mass is 10.0. The highest BCUT2D eigenvalue weighted by Gasteiger charge is 2.16. The van der Waals surface area contributed by atoms with Gasteiger partial charge in [0.1, 0.15) is 5.75 Å². The van der Waals surface area contributed by atoms with Crippen molar-refractivity contribution < 1.29 is 15.0 Å². The third-order valence-electron chi connectivity index (χ3n) is 2.58. The molecule has 0 fully saturated rings. The van der Waals surface area contributed by atoms with Crippen molar-refractivity contribution in [2.24, 2.45) is 0 Å². The van der Waals surface area contributed by atoms with E-state index in [0.29, 0.717) is 0 Å². The smallest absolute Gasteiger partial charge is 0.317 e. The average Bonchev–Trinajstić information content (AvgIpc) is 2.21. The fourth-order valence-corrected chi connectivity index (χ4v) is 1.82. The lowest BCUT2D eigenvalue weighted by Gasteiger charge is -2.25. The highest BCUT2D eigenvalue weighted by atomic mass is 16.4. The number of phenols is 1. The Morgan fingerprint density at radius 1 is 1.38 bits per heavy atom. The molecular formula is C12H17NO3. The molecule has 0 amide bonds. The zero-order valence-corrected chi connectivity index (χ0v) is 9.55. The molecule has 2 N–H and O–H groups in total. The lowest BCUT2D eigenvalue weighted by Crippen LogP contribution is -2.29. The maximum Gasteiger partial charge on any atom is 0.317 e. The summed E-state index contributed by atoms with van der Waals surface area (Å²) in [7, 11) is 1.79. The Morgan fingerprint density at radius 2 is 1.94 bits per heavy atom. The van der Waals surface area contributed by atoms with Crippen molar-refractivity contribution in [3.05, 3.63) is 29.8 Å². The second-order valence-corrected chi connectivity index (χ2v) is 3.82. The van der Waals surface area contributed by atoms with Crippen LogP contribution in [0.4, 0.5) is 0 Å². The number of aromatic hydroxyl groups is 1. The summed E-state index contributed by atoms with van der Waals surface area (Å²) < 4.78 is 0. The van der Waals surface area contributed by atoms with Gasteiger partial charge >= 0.3 is 5.97 Å². The Hall–Kier alpha value is -1.55. The van der Waals surface area contributed by atoms with Crippen LogP contribution in [0, 0.1) is 0 Å². The van der Waals surface area contributed by atoms with Gasteiger partial charge in [-0.15, -0.1) is 0 Å². The maximum absolute atomic E-state index is 10.6. The summed E-state index contributed by atoms with van der Waals surface area (Å²) in [5, 5.41) is 17.9. The minimum absolute atomic E-state index is 0.0133. The molecule has 1 atom stereocenters. The number of rotatable bonds is 5. The van der Waals surface area contributed by atoms with Gasteiger partial charge in [-0.3, -0.25) is 9.69 Å². The van der Waals surface area contributed by atoms with E-state index in [-0.39, 0.29) is 18.3 Å². The zero-order chi connectivity index (χ0) is 12.1. The van der Waals surface area contributed by atoms with Crippen LogP contribution in [0.1, 0.15) is 24.9 Å². The second kappa shape index (κ2) is 5.51. The molecule has 1 aromatic rings. The summed E-state index contributed by atoms with van der Waals surface area (Å²) in [6.07, 6.45) is 0.828. The third-order valence-corrected chi connectivity index (χ3v) is 2.58. The summed E-state index contributed by atoms with van der Waals surface area (Å²) in [5.41, 5.74) is 1.02. The highest BCUT2D eigenvalue weighted by Crippen LogP contribution is 2.24. The third kappa shape index (κ3) is 3.24. The summed E-state index contributed by atoms with van der Waals surface area (Å²) in [4.78, 5) is 12.4. The molecule has 0 aliphatic rings. The van der Waals surface area contributed by atoms with E-state index in [1.807, 2.05) is 19.1 Å². The van der Waals surface area contributed by atoms with Crippen LogP contribution in [0.5, 0.6) is 5.75 Å². The molecule has 4 nitrogen and oxygen atoms in total. The summed E-state index contributed by atoms with van der Waals surface area (Å²) >= 11 is 0. The normalized spacial score (nSPS) is 12.7. The van der Waals surface area contributed by atoms with Crippen molar-refractivity contribution in [1.29, 1.82) is 0 Å². The van der Waals surface area contributed by atoms with Crippen LogP contribution in [0.2, 0.25) is 0 Å². The first-order chi connectivity index (χ1) is 7.54. The molecule has 0 aromatic heterocycles. The largest absolute Gasteiger partial charge is 0.508 e. The molecule has 0 spiro atoms. The second-order valence-electron chi connectivity index (χ2n) is 3.82. The van der Waals surface area contributed by atoms with Crippen LogP contribution < -0.4 is 0 Å². The summed E-state index contributed by atoms with van der Waals surface area (Å²) in [5.74, 6) is -0.612. The highest BCUT2D eigenvalue weighted by molar-refractivity contribution is 5.69. The number of likely N-dealkylation sites (N-methyl/N-ethyl adjacent to an activating group) is 1. The maximum atomic E-state index is 10.6. The van der Waals surface area contributed by atoms with Gasteiger partial charge in [-0.25, -0.2) is 0 Å². The standard InChI is InChI=1S/C12H17NO3/c1-3-11(13(2)8-12(15)16)9-4-6-10(14)7-5-9/h4-7,11,14H,3,8H2,1-2H3,(H,15,16). The van der Waals surface area contributed by atoms with Crippen molar-refractivity contribution >= 4 is 5.97 Å². The van der Waals surface area contributed by atoms with Crippen LogP contribution in [-0.2, 0) is 4.79 Å². The van der Waals surface area contributed by atoms with Gasteiger partial charge < -0.3 is 10.2 Å². The van der Waals surface area contributed by atoms with E-state index in [9.17, 15) is 9.90 Å². The molecule has 0 saturated carbocycles. The van der Waals surface area contributed by atoms with E-state index in [0.717, 1.165) is 12.0 Å². The van der Waals surface area contributed by atoms with E-state index in [2.05, 4.69) is 0 Å². The van der Waals surface area contributed by atoms with Gasteiger partial charge in [0.05, 0.1) is 6.54 Å². The molecule has 1 aromatic carbocycles. The average molecular weight is 223 g/mol. The number of hydrogen-bond donors (Lipinski definition) is 2. The van der Waals surface area contributed by atoms with E-state index < -0.39 is 5.97 Å². The van der Waals surface area contributed by atoms with Gasteiger partial charge in [-0.2, -0.15) is 0 Å². The molecule has 16 heavy (non-hydrogen) atoms. The van der Waals surface area contributed by atoms with Crippen molar-refractivity contribution in [1.82, 2.24) is 4.90 Å². The number of carboxylic acids is 1. The molecule has 1 unspecified atom stereocenters. The Morgan fingerprint density at radius 3 is 2.38 bits per heavy atom. The topological polar surface area (TPSA) is 60.8 Å². The molecule has 0 bridgehead atoms. The molecule has 88 valence electrons. The number of nitrogens with zero attached hydrogens (tertiary/aromatic N) is 1. The Balaban J connectivity index is 2.81. The Kier molecular flexibility index (Phi) is 4.31. The molecule has 0 radical (unpaired) electrons. The predicted octanol–water partition coefficient (Wildman–Crippen LogP) is 1.86. The zero-order valence-electron chi connectivity index (χ0n) is 9.55. The number of carbonyl (C=O) groups is 1. The van der Waals surface area contributed by atoms with E-state index >= 15 is 0 Å². The number of carboxylic acid groups (broad SMARTS) is 1. The number of phenolic OH excluding ortho intramolecular Hbond substituents is 1. The number of hydrogen-bond acceptors (Lipinski definition) is 3. The monoisotopic (exact) mass is 223 g/mol. The van der Waals surface area contributed by atoms with Crippen LogP contribution in [0.3, 0.4) is 0 Å². The van der Waals surface area contributed by atoms with Crippen LogP contribution in [-0.4, -0.2) is 34.7 Å². The van der Waals surface area contributed by atoms with Gasteiger partial charge in [0.15, 0.2) is 0 Å². The van der Waals surface area contributed by atoms with E-state index in [4.69, 9.17) is 5.11 Å². The van der Waals surface area contributed by atoms with Crippen LogP contribution >= 0.6 is 0 Å². The van der Waals surface area contributed by atoms with Gasteiger partial charge in [0, 0.05) is 6.04 Å². The van der Waals surface area contributed by atoms with Crippen LogP contribution in [0.15, 0.2) is 24.3 Å². The molecule has 0 saturated heterocycles. The van der Waals surface area contributed by atoms with E-state index in [1.165, 1.54) is 0 Å². The molecular weight excluding hydrogens is 206 g/mol. The van der Waals surface area contributed by atoms with Gasteiger partial charge in [-0.1, -0.05) is 19.1 Å². The van der Waals surface area contributed by atoms with Crippen molar-refractivity contribution in [3.63, 3.8) is 0 Å². The first kappa shape index (κ1) is 12.5. The van der Waals surface area contributed by atoms with Gasteiger partial charge in [0.25, 0.3) is 0 Å². The first-order valence-electron chi connectivity index (χ1n) is 5.25. The van der Waals surface area contributed by atoms with Crippen LogP contribution in [0.25, 0.3) is 0 Å². The molecule has 0 heterocycles. The molecule has 0 aliphatic carbocycles. The quantitative estimate of drug-likeness (QED) is 0.799. The van der Waals surface area contributed by atoms with Crippen molar-refractivity contribution in [2.45, 2.75) is 19.4 Å². The summed E-state index contributed by atoms with van der Waals surface area (Å²) in [6.45, 7) is 2.02. The molecule has 4 heteroatoms. The lowest BCUT2D eigenvalue weighted by molar-refractivity contribution is -0.138. The van der Waals surface area contributed by atoms with Crippen molar-refractivity contribution in [2.75, 3.05) is 13.6 Å². The number of benzene rings is 1. The Bertz CT molecular complexity index is 348. The van der Waals surface area contributed by atoms with Gasteiger partial charge in [0.2, 0.25) is 0 Å². The SMILES string of the molecule is CCC(c1ccc(O)cc1)N(C)CC(=O)O. The fourth-order valence-electron chi connectivity index (χ4n) is 1.82. The van der Waals surface area contributed by atoms with Crippen molar-refractivity contribution in [3.8, 4) is 5.75 Å². The van der Waals surface area contributed by atoms with Gasteiger partial charge in [-0.05, 0) is 31.2 Å². The first-order valence-corrected chi connectivity index (χ1v) is 5.25. The predicted molar refractivity (Wildman–Crippen MR) is 61.4 cm³/mol. The van der Waals surface area contributed by atoms with E-state index in [1.54, 1.807) is 24.1 Å². The number of aliphatic carboxylic acids is 1. The fraction of sp³-hybridized carbons (Fsp3) is 0.417. The molecule has 0 aliphatic heterocycles. The summed E-state index contributed by atoms with van der Waals surface area (Å²) in [6, 6.07) is 6.94. The molecule has 1 rings (SSSR count). The Labute approximate surface area is 95.1 Å². The minimum Gasteiger partial charge on any atom is -0.508 e. The minimum atomic E-state index is -0.834.